The van der Waals surface area contributed by atoms with Gasteiger partial charge in [-0.1, -0.05) is 0 Å². The first-order chi connectivity index (χ1) is 8.18. The third-order valence-electron chi connectivity index (χ3n) is 2.37. The summed E-state index contributed by atoms with van der Waals surface area (Å²) in [6.45, 7) is 0. The molecule has 0 saturated heterocycles. The third-order valence-corrected chi connectivity index (χ3v) is 2.37. The summed E-state index contributed by atoms with van der Waals surface area (Å²) in [7, 11) is 3.44. The van der Waals surface area contributed by atoms with Crippen LogP contribution in [0.15, 0.2) is 42.9 Å². The van der Waals surface area contributed by atoms with Gasteiger partial charge in [-0.25, -0.2) is 0 Å². The molecule has 2 aromatic rings. The van der Waals surface area contributed by atoms with E-state index < -0.39 is 0 Å². The molecule has 2 rings (SSSR count). The second-order valence-electron chi connectivity index (χ2n) is 3.87. The summed E-state index contributed by atoms with van der Waals surface area (Å²) < 4.78 is 0. The predicted octanol–water partition coefficient (Wildman–Crippen LogP) is 1.85. The van der Waals surface area contributed by atoms with E-state index in [0.29, 0.717) is 5.56 Å². The number of hydrogen-bond acceptors (Lipinski definition) is 3. The molecule has 0 unspecified atom stereocenters. The molecule has 0 radical (unpaired) electrons. The molecular weight excluding hydrogens is 214 g/mol. The maximum Gasteiger partial charge on any atom is 0.254 e. The van der Waals surface area contributed by atoms with Crippen LogP contribution in [0, 0.1) is 0 Å². The van der Waals surface area contributed by atoms with Crippen molar-refractivity contribution in [1.29, 1.82) is 0 Å². The van der Waals surface area contributed by atoms with Gasteiger partial charge in [0.1, 0.15) is 0 Å². The van der Waals surface area contributed by atoms with E-state index in [1.165, 1.54) is 4.90 Å². The Bertz CT molecular complexity index is 506. The maximum atomic E-state index is 11.7. The molecular formula is C13H13N3O. The van der Waals surface area contributed by atoms with Crippen LogP contribution >= 0.6 is 0 Å². The van der Waals surface area contributed by atoms with Crippen LogP contribution in [0.4, 0.5) is 0 Å². The first-order valence-electron chi connectivity index (χ1n) is 5.26. The standard InChI is InChI=1S/C13H13N3O/c1-16(2)13(17)11-5-6-12(15-9-11)10-4-3-7-14-8-10/h3-9H,1-2H3. The van der Waals surface area contributed by atoms with E-state index >= 15 is 0 Å². The van der Waals surface area contributed by atoms with Gasteiger partial charge in [-0.15, -0.1) is 0 Å². The fourth-order valence-corrected chi connectivity index (χ4v) is 1.46. The Kier molecular flexibility index (Phi) is 3.14. The third kappa shape index (κ3) is 2.47. The van der Waals surface area contributed by atoms with Crippen LogP contribution in [-0.4, -0.2) is 34.9 Å². The highest BCUT2D eigenvalue weighted by atomic mass is 16.2. The Labute approximate surface area is 99.9 Å². The van der Waals surface area contributed by atoms with Crippen LogP contribution in [0.25, 0.3) is 11.3 Å². The van der Waals surface area contributed by atoms with Crippen molar-refractivity contribution in [3.63, 3.8) is 0 Å². The van der Waals surface area contributed by atoms with E-state index in [9.17, 15) is 4.79 Å². The van der Waals surface area contributed by atoms with Gasteiger partial charge in [0.2, 0.25) is 0 Å². The number of pyridine rings is 2. The van der Waals surface area contributed by atoms with Gasteiger partial charge in [-0.3, -0.25) is 14.8 Å². The Hall–Kier alpha value is -2.23. The Morgan fingerprint density at radius 2 is 2.00 bits per heavy atom. The largest absolute Gasteiger partial charge is 0.345 e. The lowest BCUT2D eigenvalue weighted by atomic mass is 10.1. The van der Waals surface area contributed by atoms with Crippen LogP contribution in [-0.2, 0) is 0 Å². The molecule has 1 amide bonds. The molecule has 0 atom stereocenters. The lowest BCUT2D eigenvalue weighted by Crippen LogP contribution is -2.21. The molecule has 2 heterocycles. The van der Waals surface area contributed by atoms with E-state index in [-0.39, 0.29) is 5.91 Å². The first kappa shape index (κ1) is 11.3. The zero-order valence-electron chi connectivity index (χ0n) is 9.79. The minimum absolute atomic E-state index is 0.0461. The molecule has 0 aliphatic carbocycles. The van der Waals surface area contributed by atoms with Crippen LogP contribution in [0.1, 0.15) is 10.4 Å². The number of nitrogens with zero attached hydrogens (tertiary/aromatic N) is 3. The molecule has 0 aliphatic rings. The number of hydrogen-bond donors (Lipinski definition) is 0. The van der Waals surface area contributed by atoms with Gasteiger partial charge in [0, 0.05) is 38.2 Å². The number of carbonyl (C=O) groups excluding carboxylic acids is 1. The van der Waals surface area contributed by atoms with Gasteiger partial charge in [0.25, 0.3) is 5.91 Å². The fraction of sp³-hybridized carbons (Fsp3) is 0.154. The van der Waals surface area contributed by atoms with Crippen LogP contribution < -0.4 is 0 Å². The van der Waals surface area contributed by atoms with Gasteiger partial charge in [0.15, 0.2) is 0 Å². The highest BCUT2D eigenvalue weighted by molar-refractivity contribution is 5.93. The van der Waals surface area contributed by atoms with Crippen molar-refractivity contribution in [2.75, 3.05) is 14.1 Å². The summed E-state index contributed by atoms with van der Waals surface area (Å²) in [4.78, 5) is 21.5. The molecule has 17 heavy (non-hydrogen) atoms. The average molecular weight is 227 g/mol. The molecule has 0 bridgehead atoms. The van der Waals surface area contributed by atoms with E-state index in [4.69, 9.17) is 0 Å². The van der Waals surface area contributed by atoms with Crippen molar-refractivity contribution in [1.82, 2.24) is 14.9 Å². The fourth-order valence-electron chi connectivity index (χ4n) is 1.46. The second-order valence-corrected chi connectivity index (χ2v) is 3.87. The molecule has 86 valence electrons. The minimum Gasteiger partial charge on any atom is -0.345 e. The number of rotatable bonds is 2. The van der Waals surface area contributed by atoms with Crippen molar-refractivity contribution in [2.45, 2.75) is 0 Å². The van der Waals surface area contributed by atoms with Gasteiger partial charge >= 0.3 is 0 Å². The molecule has 4 heteroatoms. The topological polar surface area (TPSA) is 46.1 Å². The Balaban J connectivity index is 2.28. The van der Waals surface area contributed by atoms with Gasteiger partial charge in [-0.05, 0) is 24.3 Å². The van der Waals surface area contributed by atoms with Gasteiger partial charge < -0.3 is 4.90 Å². The Morgan fingerprint density at radius 1 is 1.18 bits per heavy atom. The second kappa shape index (κ2) is 4.74. The van der Waals surface area contributed by atoms with Crippen molar-refractivity contribution >= 4 is 5.91 Å². The summed E-state index contributed by atoms with van der Waals surface area (Å²) in [5.74, 6) is -0.0461. The summed E-state index contributed by atoms with van der Waals surface area (Å²) >= 11 is 0. The molecule has 0 N–H and O–H groups in total. The quantitative estimate of drug-likeness (QED) is 0.786. The summed E-state index contributed by atoms with van der Waals surface area (Å²) in [5.41, 5.74) is 2.34. The first-order valence-corrected chi connectivity index (χ1v) is 5.26. The molecule has 0 aromatic carbocycles. The van der Waals surface area contributed by atoms with Crippen molar-refractivity contribution in [3.8, 4) is 11.3 Å². The number of amides is 1. The highest BCUT2D eigenvalue weighted by Crippen LogP contribution is 2.15. The van der Waals surface area contributed by atoms with Gasteiger partial charge in [-0.2, -0.15) is 0 Å². The van der Waals surface area contributed by atoms with Crippen LogP contribution in [0.3, 0.4) is 0 Å². The predicted molar refractivity (Wildman–Crippen MR) is 65.5 cm³/mol. The van der Waals surface area contributed by atoms with Crippen LogP contribution in [0.5, 0.6) is 0 Å². The minimum atomic E-state index is -0.0461. The molecule has 0 fully saturated rings. The lowest BCUT2D eigenvalue weighted by Gasteiger charge is -2.09. The number of carbonyl (C=O) groups is 1. The zero-order valence-corrected chi connectivity index (χ0v) is 9.79. The van der Waals surface area contributed by atoms with E-state index in [0.717, 1.165) is 11.3 Å². The summed E-state index contributed by atoms with van der Waals surface area (Å²) in [6, 6.07) is 7.39. The molecule has 0 aliphatic heterocycles. The molecule has 2 aromatic heterocycles. The van der Waals surface area contributed by atoms with Crippen molar-refractivity contribution < 1.29 is 4.79 Å². The average Bonchev–Trinajstić information content (AvgIpc) is 2.39. The molecule has 0 saturated carbocycles. The van der Waals surface area contributed by atoms with Crippen molar-refractivity contribution in [3.05, 3.63) is 48.4 Å². The van der Waals surface area contributed by atoms with Crippen molar-refractivity contribution in [2.24, 2.45) is 0 Å². The highest BCUT2D eigenvalue weighted by Gasteiger charge is 2.08. The molecule has 0 spiro atoms. The normalized spacial score (nSPS) is 10.0. The van der Waals surface area contributed by atoms with E-state index in [1.54, 1.807) is 38.8 Å². The van der Waals surface area contributed by atoms with Gasteiger partial charge in [0.05, 0.1) is 11.3 Å². The summed E-state index contributed by atoms with van der Waals surface area (Å²) in [6.07, 6.45) is 5.05. The number of aromatic nitrogens is 2. The SMILES string of the molecule is CN(C)C(=O)c1ccc(-c2cccnc2)nc1. The lowest BCUT2D eigenvalue weighted by molar-refractivity contribution is 0.0827. The van der Waals surface area contributed by atoms with E-state index in [1.807, 2.05) is 18.2 Å². The summed E-state index contributed by atoms with van der Waals surface area (Å²) in [5, 5.41) is 0. The smallest absolute Gasteiger partial charge is 0.254 e. The monoisotopic (exact) mass is 227 g/mol. The van der Waals surface area contributed by atoms with Crippen LogP contribution in [0.2, 0.25) is 0 Å². The zero-order chi connectivity index (χ0) is 12.3. The maximum absolute atomic E-state index is 11.7. The molecule has 4 nitrogen and oxygen atoms in total. The Morgan fingerprint density at radius 3 is 2.53 bits per heavy atom. The van der Waals surface area contributed by atoms with E-state index in [2.05, 4.69) is 9.97 Å².